The van der Waals surface area contributed by atoms with E-state index < -0.39 is 0 Å². The first-order valence-electron chi connectivity index (χ1n) is 10.0. The summed E-state index contributed by atoms with van der Waals surface area (Å²) < 4.78 is 5.30. The van der Waals surface area contributed by atoms with Crippen LogP contribution < -0.4 is 4.74 Å². The van der Waals surface area contributed by atoms with Gasteiger partial charge in [0.15, 0.2) is 0 Å². The van der Waals surface area contributed by atoms with E-state index in [1.165, 1.54) is 21.7 Å². The van der Waals surface area contributed by atoms with E-state index in [9.17, 15) is 0 Å². The topological polar surface area (TPSA) is 22.1 Å². The molecule has 5 aromatic rings. The van der Waals surface area contributed by atoms with Gasteiger partial charge in [0, 0.05) is 10.9 Å². The molecule has 0 unspecified atom stereocenters. The Labute approximate surface area is 176 Å². The first kappa shape index (κ1) is 18.1. The van der Waals surface area contributed by atoms with Crippen molar-refractivity contribution in [3.63, 3.8) is 0 Å². The average molecular weight is 387 g/mol. The van der Waals surface area contributed by atoms with Crippen molar-refractivity contribution in [3.8, 4) is 17.0 Å². The second-order valence-corrected chi connectivity index (χ2v) is 7.25. The van der Waals surface area contributed by atoms with Crippen LogP contribution in [0.4, 0.5) is 0 Å². The van der Waals surface area contributed by atoms with Gasteiger partial charge >= 0.3 is 0 Å². The summed E-state index contributed by atoms with van der Waals surface area (Å²) >= 11 is 0. The molecule has 1 aromatic heterocycles. The van der Waals surface area contributed by atoms with Gasteiger partial charge in [0.1, 0.15) is 5.75 Å². The average Bonchev–Trinajstić information content (AvgIpc) is 2.83. The normalized spacial score (nSPS) is 11.4. The van der Waals surface area contributed by atoms with E-state index in [1.54, 1.807) is 7.11 Å². The Bertz CT molecular complexity index is 1350. The van der Waals surface area contributed by atoms with Crippen LogP contribution in [0.2, 0.25) is 0 Å². The van der Waals surface area contributed by atoms with E-state index >= 15 is 0 Å². The number of rotatable bonds is 4. The van der Waals surface area contributed by atoms with Crippen LogP contribution in [0.1, 0.15) is 11.1 Å². The summed E-state index contributed by atoms with van der Waals surface area (Å²) in [7, 11) is 1.68. The molecule has 0 aliphatic rings. The number of nitrogens with zero attached hydrogens (tertiary/aromatic N) is 1. The Kier molecular flexibility index (Phi) is 4.74. The molecular formula is C28H21NO. The number of pyridine rings is 1. The SMILES string of the molecule is COc1ccc(-c2cc(C=Cc3ccccc3)c3c(ccc4ccccc43)n2)cc1. The highest BCUT2D eigenvalue weighted by Gasteiger charge is 2.10. The summed E-state index contributed by atoms with van der Waals surface area (Å²) in [6.07, 6.45) is 4.35. The molecule has 2 nitrogen and oxygen atoms in total. The molecule has 144 valence electrons. The number of benzene rings is 4. The van der Waals surface area contributed by atoms with Crippen molar-refractivity contribution in [3.05, 3.63) is 108 Å². The van der Waals surface area contributed by atoms with E-state index in [4.69, 9.17) is 9.72 Å². The number of methoxy groups -OCH3 is 1. The minimum Gasteiger partial charge on any atom is -0.497 e. The van der Waals surface area contributed by atoms with Gasteiger partial charge in [-0.05, 0) is 58.3 Å². The first-order valence-corrected chi connectivity index (χ1v) is 10.0. The standard InChI is InChI=1S/C28H21NO/c1-30-24-16-13-22(14-17-24)27-19-23(12-11-20-7-3-2-4-8-20)28-25-10-6-5-9-21(25)15-18-26(28)29-27/h2-19H,1H3. The van der Waals surface area contributed by atoms with Crippen molar-refractivity contribution < 1.29 is 4.74 Å². The number of hydrogen-bond acceptors (Lipinski definition) is 2. The second-order valence-electron chi connectivity index (χ2n) is 7.25. The lowest BCUT2D eigenvalue weighted by Gasteiger charge is -2.11. The third-order valence-electron chi connectivity index (χ3n) is 5.37. The minimum absolute atomic E-state index is 0.842. The monoisotopic (exact) mass is 387 g/mol. The van der Waals surface area contributed by atoms with E-state index in [-0.39, 0.29) is 0 Å². The zero-order valence-electron chi connectivity index (χ0n) is 16.7. The molecule has 0 bridgehead atoms. The summed E-state index contributed by atoms with van der Waals surface area (Å²) in [6.45, 7) is 0. The zero-order valence-corrected chi connectivity index (χ0v) is 16.7. The molecule has 30 heavy (non-hydrogen) atoms. The van der Waals surface area contributed by atoms with Gasteiger partial charge in [0.05, 0.1) is 18.3 Å². The highest BCUT2D eigenvalue weighted by Crippen LogP contribution is 2.32. The molecule has 0 atom stereocenters. The van der Waals surface area contributed by atoms with Crippen LogP contribution in [0.15, 0.2) is 97.1 Å². The second kappa shape index (κ2) is 7.84. The van der Waals surface area contributed by atoms with Crippen molar-refractivity contribution >= 4 is 33.8 Å². The van der Waals surface area contributed by atoms with Gasteiger partial charge in [0.2, 0.25) is 0 Å². The predicted molar refractivity (Wildman–Crippen MR) is 127 cm³/mol. The van der Waals surface area contributed by atoms with Crippen LogP contribution >= 0.6 is 0 Å². The summed E-state index contributed by atoms with van der Waals surface area (Å²) in [6, 6.07) is 33.4. The summed E-state index contributed by atoms with van der Waals surface area (Å²) in [5.41, 5.74) is 5.35. The largest absolute Gasteiger partial charge is 0.497 e. The number of ether oxygens (including phenoxy) is 1. The quantitative estimate of drug-likeness (QED) is 0.303. The minimum atomic E-state index is 0.842. The Morgan fingerprint density at radius 2 is 1.50 bits per heavy atom. The lowest BCUT2D eigenvalue weighted by atomic mass is 9.98. The van der Waals surface area contributed by atoms with Crippen LogP contribution in [0.25, 0.3) is 45.1 Å². The molecule has 2 heteroatoms. The number of fused-ring (bicyclic) bond motifs is 3. The summed E-state index contributed by atoms with van der Waals surface area (Å²) in [5, 5.41) is 3.62. The molecule has 4 aromatic carbocycles. The van der Waals surface area contributed by atoms with Gasteiger partial charge in [0.25, 0.3) is 0 Å². The fourth-order valence-corrected chi connectivity index (χ4v) is 3.83. The molecule has 0 saturated heterocycles. The van der Waals surface area contributed by atoms with E-state index in [1.807, 2.05) is 18.2 Å². The molecule has 0 radical (unpaired) electrons. The highest BCUT2D eigenvalue weighted by molar-refractivity contribution is 6.11. The van der Waals surface area contributed by atoms with Crippen molar-refractivity contribution in [2.45, 2.75) is 0 Å². The Balaban J connectivity index is 1.74. The molecule has 0 N–H and O–H groups in total. The van der Waals surface area contributed by atoms with Gasteiger partial charge in [-0.25, -0.2) is 4.98 Å². The van der Waals surface area contributed by atoms with E-state index in [2.05, 4.69) is 91.0 Å². The first-order chi connectivity index (χ1) is 14.8. The van der Waals surface area contributed by atoms with E-state index in [0.717, 1.165) is 28.1 Å². The van der Waals surface area contributed by atoms with Crippen molar-refractivity contribution in [2.24, 2.45) is 0 Å². The Hall–Kier alpha value is -3.91. The predicted octanol–water partition coefficient (Wildman–Crippen LogP) is 7.23. The lowest BCUT2D eigenvalue weighted by molar-refractivity contribution is 0.415. The number of aromatic nitrogens is 1. The maximum Gasteiger partial charge on any atom is 0.118 e. The Morgan fingerprint density at radius 3 is 2.30 bits per heavy atom. The van der Waals surface area contributed by atoms with Gasteiger partial charge in [-0.2, -0.15) is 0 Å². The van der Waals surface area contributed by atoms with Crippen LogP contribution in [-0.4, -0.2) is 12.1 Å². The highest BCUT2D eigenvalue weighted by atomic mass is 16.5. The van der Waals surface area contributed by atoms with Crippen LogP contribution in [-0.2, 0) is 0 Å². The van der Waals surface area contributed by atoms with E-state index in [0.29, 0.717) is 0 Å². The number of hydrogen-bond donors (Lipinski definition) is 0. The molecule has 0 aliphatic heterocycles. The van der Waals surface area contributed by atoms with Gasteiger partial charge in [-0.1, -0.05) is 72.8 Å². The molecule has 0 saturated carbocycles. The van der Waals surface area contributed by atoms with Crippen molar-refractivity contribution in [1.29, 1.82) is 0 Å². The fourth-order valence-electron chi connectivity index (χ4n) is 3.83. The van der Waals surface area contributed by atoms with Crippen LogP contribution in [0, 0.1) is 0 Å². The fraction of sp³-hybridized carbons (Fsp3) is 0.0357. The summed E-state index contributed by atoms with van der Waals surface area (Å²) in [4.78, 5) is 4.99. The maximum atomic E-state index is 5.30. The molecular weight excluding hydrogens is 366 g/mol. The molecule has 5 rings (SSSR count). The van der Waals surface area contributed by atoms with Gasteiger partial charge in [-0.15, -0.1) is 0 Å². The Morgan fingerprint density at radius 1 is 0.733 bits per heavy atom. The van der Waals surface area contributed by atoms with Gasteiger partial charge in [-0.3, -0.25) is 0 Å². The molecule has 1 heterocycles. The van der Waals surface area contributed by atoms with Crippen molar-refractivity contribution in [1.82, 2.24) is 4.98 Å². The third-order valence-corrected chi connectivity index (χ3v) is 5.37. The zero-order chi connectivity index (χ0) is 20.3. The lowest BCUT2D eigenvalue weighted by Crippen LogP contribution is -1.91. The molecule has 0 amide bonds. The summed E-state index contributed by atoms with van der Waals surface area (Å²) in [5.74, 6) is 0.842. The molecule has 0 aliphatic carbocycles. The smallest absolute Gasteiger partial charge is 0.118 e. The van der Waals surface area contributed by atoms with Crippen LogP contribution in [0.5, 0.6) is 5.75 Å². The van der Waals surface area contributed by atoms with Gasteiger partial charge < -0.3 is 4.74 Å². The van der Waals surface area contributed by atoms with Crippen molar-refractivity contribution in [2.75, 3.05) is 7.11 Å². The molecule has 0 spiro atoms. The maximum absolute atomic E-state index is 5.30. The third kappa shape index (κ3) is 3.44. The van der Waals surface area contributed by atoms with Crippen LogP contribution in [0.3, 0.4) is 0 Å². The molecule has 0 fully saturated rings.